The predicted octanol–water partition coefficient (Wildman–Crippen LogP) is 1.87. The molecule has 1 aromatic carbocycles. The Kier molecular flexibility index (Phi) is 4.15. The maximum atomic E-state index is 14.6. The number of nitrogens with zero attached hydrogens (tertiary/aromatic N) is 3. The van der Waals surface area contributed by atoms with Crippen molar-refractivity contribution >= 4 is 16.5 Å². The molecule has 136 valence electrons. The number of fused-ring (bicyclic) bond motifs is 1. The van der Waals surface area contributed by atoms with E-state index in [1.807, 2.05) is 0 Å². The highest BCUT2D eigenvalue weighted by Gasteiger charge is 2.22. The molecule has 1 saturated heterocycles. The summed E-state index contributed by atoms with van der Waals surface area (Å²) in [7, 11) is 0. The molecule has 1 fully saturated rings. The van der Waals surface area contributed by atoms with Gasteiger partial charge in [0, 0.05) is 31.2 Å². The van der Waals surface area contributed by atoms with E-state index in [4.69, 9.17) is 8.94 Å². The summed E-state index contributed by atoms with van der Waals surface area (Å²) < 4.78 is 39.6. The maximum absolute atomic E-state index is 14.6. The van der Waals surface area contributed by atoms with Gasteiger partial charge in [-0.2, -0.15) is 4.39 Å². The summed E-state index contributed by atoms with van der Waals surface area (Å²) in [6, 6.07) is 2.71. The van der Waals surface area contributed by atoms with Crippen molar-refractivity contribution in [3.8, 4) is 0 Å². The van der Waals surface area contributed by atoms with Crippen LogP contribution in [0.15, 0.2) is 36.7 Å². The number of likely N-dealkylation sites (tertiary alicyclic amines) is 1. The third-order valence-corrected chi connectivity index (χ3v) is 4.46. The van der Waals surface area contributed by atoms with Gasteiger partial charge < -0.3 is 13.8 Å². The van der Waals surface area contributed by atoms with Gasteiger partial charge in [-0.15, -0.1) is 5.10 Å². The van der Waals surface area contributed by atoms with E-state index in [2.05, 4.69) is 10.00 Å². The van der Waals surface area contributed by atoms with Gasteiger partial charge in [-0.25, -0.2) is 14.0 Å². The monoisotopic (exact) mass is 363 g/mol. The highest BCUT2D eigenvalue weighted by atomic mass is 19.2. The van der Waals surface area contributed by atoms with Crippen molar-refractivity contribution in [3.63, 3.8) is 0 Å². The Balaban J connectivity index is 1.96. The van der Waals surface area contributed by atoms with Crippen molar-refractivity contribution < 1.29 is 17.7 Å². The second kappa shape index (κ2) is 6.49. The molecule has 0 N–H and O–H groups in total. The molecule has 0 amide bonds. The fraction of sp³-hybridized carbons (Fsp3) is 0.353. The fourth-order valence-electron chi connectivity index (χ4n) is 3.21. The van der Waals surface area contributed by atoms with Crippen molar-refractivity contribution in [2.75, 3.05) is 19.6 Å². The lowest BCUT2D eigenvalue weighted by Gasteiger charge is -2.12. The fourth-order valence-corrected chi connectivity index (χ4v) is 3.21. The zero-order chi connectivity index (χ0) is 18.3. The lowest BCUT2D eigenvalue weighted by atomic mass is 10.1. The molecular formula is C17H15F2N3O4. The third kappa shape index (κ3) is 2.94. The molecule has 3 heterocycles. The van der Waals surface area contributed by atoms with Gasteiger partial charge in [0.1, 0.15) is 5.52 Å². The molecule has 0 aliphatic carbocycles. The van der Waals surface area contributed by atoms with Gasteiger partial charge in [0.2, 0.25) is 5.82 Å². The Morgan fingerprint density at radius 2 is 1.81 bits per heavy atom. The average Bonchev–Trinajstić information content (AvgIpc) is 3.24. The molecule has 7 nitrogen and oxygen atoms in total. The standard InChI is InChI=1S/C17H15F2N3O4/c18-16-12-9-11-15(17(16)19)10(5-8-21-6-1-2-7-21)20-22(11)26-14(24)4-3-13(23)25-12/h3-4,9H,1-2,5-8H2. The average molecular weight is 363 g/mol. The highest BCUT2D eigenvalue weighted by molar-refractivity contribution is 5.86. The van der Waals surface area contributed by atoms with Crippen LogP contribution in [0.3, 0.4) is 0 Å². The van der Waals surface area contributed by atoms with Crippen LogP contribution in [-0.4, -0.2) is 34.3 Å². The molecule has 0 radical (unpaired) electrons. The molecule has 0 atom stereocenters. The first kappa shape index (κ1) is 16.6. The highest BCUT2D eigenvalue weighted by Crippen LogP contribution is 2.27. The zero-order valence-electron chi connectivity index (χ0n) is 13.7. The van der Waals surface area contributed by atoms with Crippen molar-refractivity contribution in [1.29, 1.82) is 0 Å². The molecule has 0 saturated carbocycles. The Morgan fingerprint density at radius 1 is 1.08 bits per heavy atom. The molecule has 2 bridgehead atoms. The van der Waals surface area contributed by atoms with Gasteiger partial charge in [-0.05, 0) is 25.9 Å². The van der Waals surface area contributed by atoms with Crippen molar-refractivity contribution in [1.82, 2.24) is 14.7 Å². The largest absolute Gasteiger partial charge is 0.420 e. The molecule has 2 aromatic heterocycles. The topological polar surface area (TPSA) is 81.0 Å². The Labute approximate surface area is 145 Å². The summed E-state index contributed by atoms with van der Waals surface area (Å²) in [5, 5.41) is 4.04. The SMILES string of the molecule is O=c1ccc(=O)on2nc(CCN3CCCC3)c3c(F)c(F)c(cc32)o1. The van der Waals surface area contributed by atoms with Crippen LogP contribution in [0.4, 0.5) is 8.78 Å². The Hall–Kier alpha value is -2.81. The number of rotatable bonds is 3. The van der Waals surface area contributed by atoms with Crippen LogP contribution in [-0.2, 0) is 6.42 Å². The van der Waals surface area contributed by atoms with Crippen LogP contribution < -0.4 is 11.3 Å². The van der Waals surface area contributed by atoms with Crippen LogP contribution in [0.1, 0.15) is 18.5 Å². The molecule has 0 unspecified atom stereocenters. The Bertz CT molecular complexity index is 1130. The molecule has 1 aliphatic heterocycles. The zero-order valence-corrected chi connectivity index (χ0v) is 13.7. The third-order valence-electron chi connectivity index (χ3n) is 4.46. The first-order valence-electron chi connectivity index (χ1n) is 8.27. The maximum Gasteiger partial charge on any atom is 0.358 e. The van der Waals surface area contributed by atoms with E-state index >= 15 is 0 Å². The van der Waals surface area contributed by atoms with E-state index in [9.17, 15) is 18.4 Å². The smallest absolute Gasteiger partial charge is 0.358 e. The second-order valence-electron chi connectivity index (χ2n) is 6.18. The van der Waals surface area contributed by atoms with Gasteiger partial charge >= 0.3 is 11.3 Å². The second-order valence-corrected chi connectivity index (χ2v) is 6.18. The minimum absolute atomic E-state index is 0.0202. The van der Waals surface area contributed by atoms with Gasteiger partial charge in [-0.3, -0.25) is 0 Å². The number of aromatic nitrogens is 2. The molecule has 9 heteroatoms. The minimum Gasteiger partial charge on any atom is -0.420 e. The van der Waals surface area contributed by atoms with Crippen LogP contribution in [0.2, 0.25) is 0 Å². The first-order valence-corrected chi connectivity index (χ1v) is 8.27. The predicted molar refractivity (Wildman–Crippen MR) is 87.9 cm³/mol. The molecular weight excluding hydrogens is 348 g/mol. The summed E-state index contributed by atoms with van der Waals surface area (Å²) >= 11 is 0. The molecule has 0 spiro atoms. The van der Waals surface area contributed by atoms with E-state index in [1.165, 1.54) is 0 Å². The molecule has 1 aliphatic rings. The number of hydrogen-bond acceptors (Lipinski definition) is 6. The molecule has 4 rings (SSSR count). The lowest BCUT2D eigenvalue weighted by Crippen LogP contribution is -2.22. The minimum atomic E-state index is -1.28. The van der Waals surface area contributed by atoms with Crippen LogP contribution in [0.25, 0.3) is 16.5 Å². The Morgan fingerprint density at radius 3 is 2.58 bits per heavy atom. The summed E-state index contributed by atoms with van der Waals surface area (Å²) in [4.78, 5) is 25.5. The van der Waals surface area contributed by atoms with Crippen molar-refractivity contribution in [2.45, 2.75) is 19.3 Å². The van der Waals surface area contributed by atoms with Crippen LogP contribution in [0, 0.1) is 11.6 Å². The number of halogens is 2. The summed E-state index contributed by atoms with van der Waals surface area (Å²) in [6.45, 7) is 2.54. The van der Waals surface area contributed by atoms with Crippen LogP contribution in [0.5, 0.6) is 0 Å². The van der Waals surface area contributed by atoms with Crippen molar-refractivity contribution in [2.24, 2.45) is 0 Å². The lowest BCUT2D eigenvalue weighted by molar-refractivity contribution is 0.298. The molecule has 26 heavy (non-hydrogen) atoms. The van der Waals surface area contributed by atoms with E-state index in [0.29, 0.717) is 13.0 Å². The van der Waals surface area contributed by atoms with E-state index in [-0.39, 0.29) is 16.6 Å². The van der Waals surface area contributed by atoms with E-state index in [1.54, 1.807) is 0 Å². The summed E-state index contributed by atoms with van der Waals surface area (Å²) in [5.41, 5.74) is -2.19. The summed E-state index contributed by atoms with van der Waals surface area (Å²) in [6.07, 6.45) is 2.58. The van der Waals surface area contributed by atoms with Gasteiger partial charge in [-0.1, -0.05) is 4.69 Å². The first-order chi connectivity index (χ1) is 12.5. The molecule has 3 aromatic rings. The summed E-state index contributed by atoms with van der Waals surface area (Å²) in [5.74, 6) is -2.47. The normalized spacial score (nSPS) is 15.2. The quantitative estimate of drug-likeness (QED) is 0.707. The van der Waals surface area contributed by atoms with E-state index < -0.39 is 28.5 Å². The van der Waals surface area contributed by atoms with Crippen molar-refractivity contribution in [3.05, 3.63) is 56.4 Å². The van der Waals surface area contributed by atoms with Crippen LogP contribution >= 0.6 is 0 Å². The van der Waals surface area contributed by atoms with Gasteiger partial charge in [0.05, 0.1) is 11.1 Å². The number of hydrogen-bond donors (Lipinski definition) is 0. The van der Waals surface area contributed by atoms with E-state index in [0.717, 1.165) is 48.8 Å². The number of benzene rings is 1. The van der Waals surface area contributed by atoms with Gasteiger partial charge in [0.25, 0.3) is 0 Å². The van der Waals surface area contributed by atoms with Gasteiger partial charge in [0.15, 0.2) is 11.4 Å².